The predicted molar refractivity (Wildman–Crippen MR) is 44.6 cm³/mol. The van der Waals surface area contributed by atoms with E-state index in [9.17, 15) is 8.78 Å². The molecule has 1 atom stereocenters. The van der Waals surface area contributed by atoms with Gasteiger partial charge in [-0.3, -0.25) is 0 Å². The second kappa shape index (κ2) is 7.43. The third-order valence-corrected chi connectivity index (χ3v) is 1.46. The molecule has 1 unspecified atom stereocenters. The molecule has 0 aliphatic carbocycles. The van der Waals surface area contributed by atoms with Gasteiger partial charge in [0.2, 0.25) is 0 Å². The third-order valence-electron chi connectivity index (χ3n) is 1.46. The highest BCUT2D eigenvalue weighted by atomic mass is 19.3. The molecule has 0 saturated carbocycles. The summed E-state index contributed by atoms with van der Waals surface area (Å²) in [4.78, 5) is 0. The van der Waals surface area contributed by atoms with Gasteiger partial charge in [-0.25, -0.2) is 8.78 Å². The van der Waals surface area contributed by atoms with Crippen LogP contribution in [0, 0.1) is 0 Å². The van der Waals surface area contributed by atoms with Gasteiger partial charge in [0.25, 0.3) is 6.43 Å². The lowest BCUT2D eigenvalue weighted by Crippen LogP contribution is -2.40. The van der Waals surface area contributed by atoms with E-state index in [1.165, 1.54) is 0 Å². The average Bonchev–Trinajstić information content (AvgIpc) is 2.04. The first-order chi connectivity index (χ1) is 5.72. The maximum Gasteiger partial charge on any atom is 0.255 e. The number of nitrogens with one attached hydrogen (secondary N) is 1. The number of hydrogen-bond donors (Lipinski definition) is 1. The van der Waals surface area contributed by atoms with Crippen molar-refractivity contribution in [1.29, 1.82) is 0 Å². The molecule has 0 radical (unpaired) electrons. The fraction of sp³-hybridized carbons (Fsp3) is 1.00. The van der Waals surface area contributed by atoms with Crippen molar-refractivity contribution in [2.75, 3.05) is 19.8 Å². The summed E-state index contributed by atoms with van der Waals surface area (Å²) in [5.74, 6) is 0. The first-order valence-electron chi connectivity index (χ1n) is 4.31. The Hall–Kier alpha value is -0.220. The lowest BCUT2D eigenvalue weighted by Gasteiger charge is -2.16. The van der Waals surface area contributed by atoms with E-state index < -0.39 is 12.5 Å². The van der Waals surface area contributed by atoms with Gasteiger partial charge in [-0.15, -0.1) is 0 Å². The van der Waals surface area contributed by atoms with E-state index >= 15 is 0 Å². The van der Waals surface area contributed by atoms with Crippen LogP contribution >= 0.6 is 0 Å². The van der Waals surface area contributed by atoms with Gasteiger partial charge in [0, 0.05) is 6.61 Å². The van der Waals surface area contributed by atoms with E-state index in [4.69, 9.17) is 4.74 Å². The molecule has 2 nitrogen and oxygen atoms in total. The van der Waals surface area contributed by atoms with Gasteiger partial charge in [-0.2, -0.15) is 0 Å². The summed E-state index contributed by atoms with van der Waals surface area (Å²) in [6.07, 6.45) is -1.49. The van der Waals surface area contributed by atoms with E-state index in [2.05, 4.69) is 5.32 Å². The lowest BCUT2D eigenvalue weighted by atomic mass is 10.3. The monoisotopic (exact) mass is 181 g/mol. The molecule has 4 heteroatoms. The molecule has 0 spiro atoms. The summed E-state index contributed by atoms with van der Waals surface area (Å²) in [5, 5.41) is 2.73. The Morgan fingerprint density at radius 2 is 2.00 bits per heavy atom. The van der Waals surface area contributed by atoms with Gasteiger partial charge in [-0.05, 0) is 19.9 Å². The minimum absolute atomic E-state index is 0.0914. The first kappa shape index (κ1) is 11.8. The smallest absolute Gasteiger partial charge is 0.255 e. The van der Waals surface area contributed by atoms with Gasteiger partial charge < -0.3 is 10.1 Å². The van der Waals surface area contributed by atoms with Crippen LogP contribution in [0.4, 0.5) is 8.78 Å². The Kier molecular flexibility index (Phi) is 7.29. The molecule has 0 aromatic carbocycles. The van der Waals surface area contributed by atoms with Crippen molar-refractivity contribution in [1.82, 2.24) is 5.32 Å². The third kappa shape index (κ3) is 5.43. The molecule has 12 heavy (non-hydrogen) atoms. The van der Waals surface area contributed by atoms with Crippen molar-refractivity contribution in [3.05, 3.63) is 0 Å². The van der Waals surface area contributed by atoms with E-state index in [0.29, 0.717) is 13.2 Å². The normalized spacial score (nSPS) is 13.8. The molecule has 0 aliphatic rings. The second-order valence-corrected chi connectivity index (χ2v) is 2.55. The van der Waals surface area contributed by atoms with Crippen molar-refractivity contribution >= 4 is 0 Å². The Balaban J connectivity index is 3.55. The summed E-state index contributed by atoms with van der Waals surface area (Å²) in [5.41, 5.74) is 0. The number of halogens is 2. The van der Waals surface area contributed by atoms with Crippen LogP contribution < -0.4 is 5.32 Å². The molecule has 0 aromatic rings. The standard InChI is InChI=1S/C8H17F2NO/c1-3-5-11-7(8(9)10)6-12-4-2/h7-8,11H,3-6H2,1-2H3. The molecule has 74 valence electrons. The summed E-state index contributed by atoms with van der Waals surface area (Å²) >= 11 is 0. The summed E-state index contributed by atoms with van der Waals surface area (Å²) in [7, 11) is 0. The van der Waals surface area contributed by atoms with Crippen LogP contribution in [0.25, 0.3) is 0 Å². The highest BCUT2D eigenvalue weighted by Gasteiger charge is 2.18. The minimum Gasteiger partial charge on any atom is -0.380 e. The number of alkyl halides is 2. The van der Waals surface area contributed by atoms with Crippen LogP contribution in [-0.2, 0) is 4.74 Å². The summed E-state index contributed by atoms with van der Waals surface area (Å²) in [6, 6.07) is -0.815. The molecular formula is C8H17F2NO. The Labute approximate surface area is 72.3 Å². The fourth-order valence-electron chi connectivity index (χ4n) is 0.795. The summed E-state index contributed by atoms with van der Waals surface area (Å²) < 4.78 is 29.3. The predicted octanol–water partition coefficient (Wildman–Crippen LogP) is 1.66. The lowest BCUT2D eigenvalue weighted by molar-refractivity contribution is 0.0353. The van der Waals surface area contributed by atoms with Gasteiger partial charge in [0.15, 0.2) is 0 Å². The van der Waals surface area contributed by atoms with E-state index in [-0.39, 0.29) is 6.61 Å². The van der Waals surface area contributed by atoms with E-state index in [1.54, 1.807) is 6.92 Å². The van der Waals surface area contributed by atoms with Crippen molar-refractivity contribution in [3.63, 3.8) is 0 Å². The number of rotatable bonds is 7. The van der Waals surface area contributed by atoms with Crippen LogP contribution in [0.5, 0.6) is 0 Å². The van der Waals surface area contributed by atoms with Crippen LogP contribution in [0.15, 0.2) is 0 Å². The molecule has 0 heterocycles. The Bertz CT molecular complexity index is 93.1. The second-order valence-electron chi connectivity index (χ2n) is 2.55. The van der Waals surface area contributed by atoms with E-state index in [0.717, 1.165) is 6.42 Å². The molecule has 0 aliphatic heterocycles. The van der Waals surface area contributed by atoms with Gasteiger partial charge >= 0.3 is 0 Å². The largest absolute Gasteiger partial charge is 0.380 e. The topological polar surface area (TPSA) is 21.3 Å². The quantitative estimate of drug-likeness (QED) is 0.645. The van der Waals surface area contributed by atoms with Crippen molar-refractivity contribution in [2.24, 2.45) is 0 Å². The zero-order valence-corrected chi connectivity index (χ0v) is 7.65. The molecule has 0 rings (SSSR count). The van der Waals surface area contributed by atoms with Gasteiger partial charge in [-0.1, -0.05) is 6.92 Å². The summed E-state index contributed by atoms with van der Waals surface area (Å²) in [6.45, 7) is 4.92. The number of ether oxygens (including phenoxy) is 1. The highest BCUT2D eigenvalue weighted by Crippen LogP contribution is 2.01. The zero-order valence-electron chi connectivity index (χ0n) is 7.65. The number of hydrogen-bond acceptors (Lipinski definition) is 2. The van der Waals surface area contributed by atoms with Crippen molar-refractivity contribution < 1.29 is 13.5 Å². The molecule has 0 bridgehead atoms. The fourth-order valence-corrected chi connectivity index (χ4v) is 0.795. The highest BCUT2D eigenvalue weighted by molar-refractivity contribution is 4.67. The molecule has 0 saturated heterocycles. The molecule has 1 N–H and O–H groups in total. The minimum atomic E-state index is -2.34. The molecule has 0 aromatic heterocycles. The van der Waals surface area contributed by atoms with Gasteiger partial charge in [0.1, 0.15) is 0 Å². The molecule has 0 amide bonds. The van der Waals surface area contributed by atoms with Crippen LogP contribution in [0.3, 0.4) is 0 Å². The van der Waals surface area contributed by atoms with E-state index in [1.807, 2.05) is 6.92 Å². The Morgan fingerprint density at radius 3 is 2.42 bits per heavy atom. The molecular weight excluding hydrogens is 164 g/mol. The average molecular weight is 181 g/mol. The van der Waals surface area contributed by atoms with Crippen molar-refractivity contribution in [2.45, 2.75) is 32.7 Å². The van der Waals surface area contributed by atoms with Crippen LogP contribution in [0.1, 0.15) is 20.3 Å². The van der Waals surface area contributed by atoms with Crippen molar-refractivity contribution in [3.8, 4) is 0 Å². The van der Waals surface area contributed by atoms with Crippen LogP contribution in [0.2, 0.25) is 0 Å². The molecule has 0 fully saturated rings. The zero-order chi connectivity index (χ0) is 9.40. The van der Waals surface area contributed by atoms with Gasteiger partial charge in [0.05, 0.1) is 12.6 Å². The SMILES string of the molecule is CCCNC(COCC)C(F)F. The Morgan fingerprint density at radius 1 is 1.33 bits per heavy atom. The first-order valence-corrected chi connectivity index (χ1v) is 4.31. The maximum atomic E-state index is 12.2. The maximum absolute atomic E-state index is 12.2. The van der Waals surface area contributed by atoms with Crippen LogP contribution in [-0.4, -0.2) is 32.2 Å².